The number of fused-ring (bicyclic) bond motifs is 2. The molecule has 178 valence electrons. The highest BCUT2D eigenvalue weighted by Gasteiger charge is 2.35. The van der Waals surface area contributed by atoms with Crippen LogP contribution < -0.4 is 0 Å². The molecule has 6 N–H and O–H groups in total. The van der Waals surface area contributed by atoms with Gasteiger partial charge in [0.25, 0.3) is 5.91 Å². The third-order valence-corrected chi connectivity index (χ3v) is 5.47. The van der Waals surface area contributed by atoms with Crippen molar-refractivity contribution in [3.63, 3.8) is 0 Å². The summed E-state index contributed by atoms with van der Waals surface area (Å²) in [4.78, 5) is 35.5. The van der Waals surface area contributed by atoms with E-state index in [1.807, 2.05) is 41.3 Å². The van der Waals surface area contributed by atoms with Crippen molar-refractivity contribution in [2.45, 2.75) is 51.1 Å². The van der Waals surface area contributed by atoms with Gasteiger partial charge >= 0.3 is 11.9 Å². The molecule has 0 aromatic heterocycles. The van der Waals surface area contributed by atoms with E-state index in [2.05, 4.69) is 24.9 Å². The lowest BCUT2D eigenvalue weighted by atomic mass is 10.1. The van der Waals surface area contributed by atoms with Crippen molar-refractivity contribution in [1.29, 1.82) is 0 Å². The molecule has 0 spiro atoms. The second kappa shape index (κ2) is 14.1. The Morgan fingerprint density at radius 1 is 1.09 bits per heavy atom. The second-order valence-corrected chi connectivity index (χ2v) is 7.52. The summed E-state index contributed by atoms with van der Waals surface area (Å²) in [6.07, 6.45) is 11.6. The fraction of sp³-hybridized carbons (Fsp3) is 0.435. The summed E-state index contributed by atoms with van der Waals surface area (Å²) in [6.45, 7) is 3.00. The predicted molar refractivity (Wildman–Crippen MR) is 122 cm³/mol. The first kappa shape index (κ1) is 29.0. The zero-order valence-electron chi connectivity index (χ0n) is 18.5. The van der Waals surface area contributed by atoms with Crippen LogP contribution in [0.1, 0.15) is 44.6 Å². The van der Waals surface area contributed by atoms with E-state index >= 15 is 0 Å². The molecular weight excluding hydrogens is 416 g/mol. The number of benzene rings is 1. The summed E-state index contributed by atoms with van der Waals surface area (Å²) < 4.78 is 0. The molecule has 1 aromatic carbocycles. The highest BCUT2D eigenvalue weighted by atomic mass is 16.4. The van der Waals surface area contributed by atoms with Crippen LogP contribution in [0, 0.1) is 0 Å². The minimum absolute atomic E-state index is 0. The molecule has 0 radical (unpaired) electrons. The number of aliphatic carboxylic acids is 2. The van der Waals surface area contributed by atoms with Crippen molar-refractivity contribution in [2.24, 2.45) is 0 Å². The molecule has 1 aromatic rings. The minimum atomic E-state index is -1.82. The smallest absolute Gasteiger partial charge is 0.414 e. The van der Waals surface area contributed by atoms with E-state index in [4.69, 9.17) is 19.8 Å². The number of unbranched alkanes of at least 4 members (excludes halogenated alkanes) is 1. The van der Waals surface area contributed by atoms with Crippen molar-refractivity contribution >= 4 is 23.9 Å². The van der Waals surface area contributed by atoms with Gasteiger partial charge in [-0.3, -0.25) is 9.69 Å². The average molecular weight is 451 g/mol. The maximum Gasteiger partial charge on any atom is 0.414 e. The number of carboxylic acids is 2. The van der Waals surface area contributed by atoms with Crippen LogP contribution in [-0.4, -0.2) is 74.5 Å². The Hall–Kier alpha value is -3.01. The highest BCUT2D eigenvalue weighted by molar-refractivity contribution is 6.27. The van der Waals surface area contributed by atoms with Crippen LogP contribution >= 0.6 is 0 Å². The van der Waals surface area contributed by atoms with Crippen LogP contribution in [0.4, 0.5) is 0 Å². The first-order valence-corrected chi connectivity index (χ1v) is 10.3. The van der Waals surface area contributed by atoms with E-state index in [1.54, 1.807) is 6.08 Å². The number of carboxylic acid groups (broad SMARTS) is 2. The first-order valence-electron chi connectivity index (χ1n) is 10.3. The molecule has 9 heteroatoms. The van der Waals surface area contributed by atoms with Gasteiger partial charge in [0.05, 0.1) is 0 Å². The Morgan fingerprint density at radius 3 is 2.25 bits per heavy atom. The van der Waals surface area contributed by atoms with Gasteiger partial charge in [-0.15, -0.1) is 0 Å². The lowest BCUT2D eigenvalue weighted by Gasteiger charge is -2.35. The lowest BCUT2D eigenvalue weighted by molar-refractivity contribution is -0.159. The van der Waals surface area contributed by atoms with Gasteiger partial charge in [-0.2, -0.15) is 0 Å². The van der Waals surface area contributed by atoms with Crippen molar-refractivity contribution in [1.82, 2.24) is 9.80 Å². The zero-order valence-corrected chi connectivity index (χ0v) is 18.5. The molecule has 1 fully saturated rings. The molecule has 2 atom stereocenters. The van der Waals surface area contributed by atoms with Crippen LogP contribution in [0.15, 0.2) is 48.2 Å². The first-order chi connectivity index (χ1) is 14.3. The van der Waals surface area contributed by atoms with Gasteiger partial charge in [0, 0.05) is 36.8 Å². The van der Waals surface area contributed by atoms with Crippen LogP contribution in [-0.2, 0) is 14.4 Å². The van der Waals surface area contributed by atoms with Gasteiger partial charge < -0.3 is 26.1 Å². The lowest BCUT2D eigenvalue weighted by Crippen LogP contribution is -2.40. The molecule has 1 amide bonds. The van der Waals surface area contributed by atoms with E-state index < -0.39 is 11.9 Å². The largest absolute Gasteiger partial charge is 0.473 e. The van der Waals surface area contributed by atoms with Crippen LogP contribution in [0.25, 0.3) is 6.08 Å². The number of hydrogen-bond donors (Lipinski definition) is 2. The van der Waals surface area contributed by atoms with Crippen molar-refractivity contribution in [2.75, 3.05) is 13.6 Å². The number of carbonyl (C=O) groups is 3. The molecule has 2 bridgehead atoms. The van der Waals surface area contributed by atoms with Crippen LogP contribution in [0.3, 0.4) is 0 Å². The summed E-state index contributed by atoms with van der Waals surface area (Å²) in [6, 6.07) is 11.1. The molecular formula is C23H34N2O7. The summed E-state index contributed by atoms with van der Waals surface area (Å²) in [5, 5.41) is 14.8. The molecule has 0 saturated carbocycles. The Kier molecular flexibility index (Phi) is 12.8. The molecule has 32 heavy (non-hydrogen) atoms. The van der Waals surface area contributed by atoms with Crippen molar-refractivity contribution in [3.05, 3.63) is 53.7 Å². The van der Waals surface area contributed by atoms with E-state index in [0.717, 1.165) is 31.4 Å². The number of hydrogen-bond acceptors (Lipinski definition) is 4. The Balaban J connectivity index is 0.00000107. The number of rotatable bonds is 6. The summed E-state index contributed by atoms with van der Waals surface area (Å²) in [5.74, 6) is -3.53. The summed E-state index contributed by atoms with van der Waals surface area (Å²) >= 11 is 0. The molecule has 2 aliphatic rings. The molecule has 3 rings (SSSR count). The van der Waals surface area contributed by atoms with E-state index in [-0.39, 0.29) is 16.9 Å². The highest BCUT2D eigenvalue weighted by Crippen LogP contribution is 2.34. The predicted octanol–water partition coefficient (Wildman–Crippen LogP) is 1.59. The average Bonchev–Trinajstić information content (AvgIpc) is 2.93. The Bertz CT molecular complexity index is 796. The summed E-state index contributed by atoms with van der Waals surface area (Å²) in [7, 11) is 2.21. The normalized spacial score (nSPS) is 19.0. The fourth-order valence-electron chi connectivity index (χ4n) is 3.75. The van der Waals surface area contributed by atoms with Crippen molar-refractivity contribution < 1.29 is 35.5 Å². The number of amides is 1. The van der Waals surface area contributed by atoms with Gasteiger partial charge in [0.2, 0.25) is 0 Å². The van der Waals surface area contributed by atoms with Gasteiger partial charge in [0.15, 0.2) is 0 Å². The second-order valence-electron chi connectivity index (χ2n) is 7.52. The van der Waals surface area contributed by atoms with E-state index in [9.17, 15) is 4.79 Å². The van der Waals surface area contributed by atoms with E-state index in [1.165, 1.54) is 18.5 Å². The van der Waals surface area contributed by atoms with Crippen LogP contribution in [0.5, 0.6) is 0 Å². The number of carbonyl (C=O) groups excluding carboxylic acids is 1. The van der Waals surface area contributed by atoms with E-state index in [0.29, 0.717) is 12.1 Å². The third kappa shape index (κ3) is 8.26. The van der Waals surface area contributed by atoms with Gasteiger partial charge in [-0.25, -0.2) is 9.59 Å². The van der Waals surface area contributed by atoms with Gasteiger partial charge in [-0.05, 0) is 44.0 Å². The maximum atomic E-state index is 12.8. The third-order valence-electron chi connectivity index (χ3n) is 5.47. The molecule has 1 saturated heterocycles. The Labute approximate surface area is 188 Å². The van der Waals surface area contributed by atoms with Crippen molar-refractivity contribution in [3.8, 4) is 0 Å². The number of nitrogens with zero attached hydrogens (tertiary/aromatic N) is 2. The standard InChI is InChI=1S/C21H28N2O.C2H2O4.2H2O/c1-3-4-14-23(20-15-18-11-12-19(16-20)22(18)2)21(24)13-10-17-8-6-5-7-9-17;3-1(4)2(5)6;;/h5-10,13,15,18-19H,3-4,11-12,14,16H2,1-2H3;(H,3,4)(H,5,6);2*1H2/b13-10+;;;. The minimum Gasteiger partial charge on any atom is -0.473 e. The monoisotopic (exact) mass is 450 g/mol. The molecule has 9 nitrogen and oxygen atoms in total. The number of likely N-dealkylation sites (N-methyl/N-ethyl adjacent to an activating group) is 1. The topological polar surface area (TPSA) is 161 Å². The molecule has 2 aliphatic heterocycles. The van der Waals surface area contributed by atoms with Gasteiger partial charge in [-0.1, -0.05) is 43.7 Å². The quantitative estimate of drug-likeness (QED) is 0.494. The summed E-state index contributed by atoms with van der Waals surface area (Å²) in [5.41, 5.74) is 2.30. The zero-order chi connectivity index (χ0) is 22.1. The molecule has 0 aliphatic carbocycles. The van der Waals surface area contributed by atoms with Gasteiger partial charge in [0.1, 0.15) is 0 Å². The molecule has 2 heterocycles. The maximum absolute atomic E-state index is 12.8. The fourth-order valence-corrected chi connectivity index (χ4v) is 3.75. The molecule has 2 unspecified atom stereocenters. The Morgan fingerprint density at radius 2 is 1.72 bits per heavy atom. The SMILES string of the molecule is CCCCN(C(=O)/C=C/c1ccccc1)C1=CC2CCC(C1)N2C.O.O.O=C(O)C(=O)O. The van der Waals surface area contributed by atoms with Crippen LogP contribution in [0.2, 0.25) is 0 Å².